The number of hydrogen-bond acceptors (Lipinski definition) is 5. The number of hydrogen-bond donors (Lipinski definition) is 0. The summed E-state index contributed by atoms with van der Waals surface area (Å²) in [7, 11) is 3.03. The molecule has 0 N–H and O–H groups in total. The third-order valence-corrected chi connectivity index (χ3v) is 3.66. The minimum atomic E-state index is -0.802. The minimum absolute atomic E-state index is 0.0108. The molecule has 0 unspecified atom stereocenters. The van der Waals surface area contributed by atoms with Crippen LogP contribution in [0.4, 0.5) is 4.79 Å². The molecule has 2 aromatic rings. The molecule has 0 bridgehead atoms. The molecule has 2 aromatic carbocycles. The molecule has 0 fully saturated rings. The Balaban J connectivity index is 1.90. The lowest BCUT2D eigenvalue weighted by Crippen LogP contribution is -2.08. The van der Waals surface area contributed by atoms with Crippen LogP contribution in [0.1, 0.15) is 11.1 Å². The van der Waals surface area contributed by atoms with Crippen LogP contribution in [-0.4, -0.2) is 20.4 Å². The number of ether oxygens (including phenoxy) is 4. The van der Waals surface area contributed by atoms with Crippen molar-refractivity contribution in [3.05, 3.63) is 57.6 Å². The molecular weight excluding hydrogens is 355 g/mol. The van der Waals surface area contributed by atoms with E-state index in [0.29, 0.717) is 32.7 Å². The number of carbonyl (C=O) groups is 1. The van der Waals surface area contributed by atoms with Gasteiger partial charge in [0.15, 0.2) is 0 Å². The van der Waals surface area contributed by atoms with E-state index in [-0.39, 0.29) is 13.2 Å². The predicted molar refractivity (Wildman–Crippen MR) is 91.0 cm³/mol. The maximum Gasteiger partial charge on any atom is 0.508 e. The fourth-order valence-corrected chi connectivity index (χ4v) is 2.31. The highest BCUT2D eigenvalue weighted by Crippen LogP contribution is 2.25. The van der Waals surface area contributed by atoms with E-state index in [9.17, 15) is 4.79 Å². The van der Waals surface area contributed by atoms with E-state index in [1.165, 1.54) is 14.2 Å². The van der Waals surface area contributed by atoms with Crippen molar-refractivity contribution >= 4 is 29.4 Å². The molecular formula is C17H16Cl2O5. The first-order chi connectivity index (χ1) is 11.5. The van der Waals surface area contributed by atoms with Gasteiger partial charge >= 0.3 is 6.16 Å². The van der Waals surface area contributed by atoms with E-state index in [1.807, 2.05) is 0 Å². The smallest absolute Gasteiger partial charge is 0.496 e. The van der Waals surface area contributed by atoms with Crippen LogP contribution in [0.5, 0.6) is 11.5 Å². The highest BCUT2D eigenvalue weighted by atomic mass is 35.5. The first-order valence-corrected chi connectivity index (χ1v) is 7.73. The number of methoxy groups -OCH3 is 2. The maximum atomic E-state index is 11.7. The number of carbonyl (C=O) groups excluding carboxylic acids is 1. The second-order valence-corrected chi connectivity index (χ2v) is 5.61. The predicted octanol–water partition coefficient (Wildman–Crippen LogP) is 4.86. The topological polar surface area (TPSA) is 54.0 Å². The van der Waals surface area contributed by atoms with Crippen LogP contribution in [0.3, 0.4) is 0 Å². The molecule has 0 amide bonds. The zero-order chi connectivity index (χ0) is 17.5. The SMILES string of the molecule is COc1cc(Cl)ccc1COC(=O)OCc1ccc(Cl)cc1OC. The van der Waals surface area contributed by atoms with Crippen LogP contribution < -0.4 is 9.47 Å². The summed E-state index contributed by atoms with van der Waals surface area (Å²) >= 11 is 11.8. The molecule has 0 radical (unpaired) electrons. The summed E-state index contributed by atoms with van der Waals surface area (Å²) in [5, 5.41) is 1.07. The molecule has 0 aromatic heterocycles. The van der Waals surface area contributed by atoms with E-state index in [2.05, 4.69) is 0 Å². The first kappa shape index (κ1) is 18.2. The third-order valence-electron chi connectivity index (χ3n) is 3.19. The van der Waals surface area contributed by atoms with Crippen molar-refractivity contribution in [3.63, 3.8) is 0 Å². The average Bonchev–Trinajstić information content (AvgIpc) is 2.59. The summed E-state index contributed by atoms with van der Waals surface area (Å²) in [6.07, 6.45) is -0.802. The van der Waals surface area contributed by atoms with Crippen molar-refractivity contribution in [2.45, 2.75) is 13.2 Å². The highest BCUT2D eigenvalue weighted by molar-refractivity contribution is 6.31. The molecule has 0 aliphatic carbocycles. The van der Waals surface area contributed by atoms with Crippen molar-refractivity contribution < 1.29 is 23.7 Å². The Bertz CT molecular complexity index is 659. The van der Waals surface area contributed by atoms with Crippen molar-refractivity contribution in [2.75, 3.05) is 14.2 Å². The summed E-state index contributed by atoms with van der Waals surface area (Å²) in [4.78, 5) is 11.7. The van der Waals surface area contributed by atoms with E-state index < -0.39 is 6.16 Å². The summed E-state index contributed by atoms with van der Waals surface area (Å²) in [5.41, 5.74) is 1.37. The Morgan fingerprint density at radius 3 is 1.62 bits per heavy atom. The zero-order valence-corrected chi connectivity index (χ0v) is 14.7. The molecule has 0 saturated carbocycles. The first-order valence-electron chi connectivity index (χ1n) is 6.98. The largest absolute Gasteiger partial charge is 0.508 e. The van der Waals surface area contributed by atoms with Gasteiger partial charge < -0.3 is 18.9 Å². The molecule has 0 spiro atoms. The number of rotatable bonds is 6. The van der Waals surface area contributed by atoms with Gasteiger partial charge in [0.2, 0.25) is 0 Å². The molecule has 24 heavy (non-hydrogen) atoms. The van der Waals surface area contributed by atoms with Gasteiger partial charge in [-0.1, -0.05) is 35.3 Å². The summed E-state index contributed by atoms with van der Waals surface area (Å²) in [6, 6.07) is 10.1. The molecule has 5 nitrogen and oxygen atoms in total. The number of halogens is 2. The highest BCUT2D eigenvalue weighted by Gasteiger charge is 2.11. The van der Waals surface area contributed by atoms with E-state index in [1.54, 1.807) is 36.4 Å². The average molecular weight is 371 g/mol. The van der Waals surface area contributed by atoms with Crippen molar-refractivity contribution in [1.82, 2.24) is 0 Å². The van der Waals surface area contributed by atoms with Crippen LogP contribution >= 0.6 is 23.2 Å². The van der Waals surface area contributed by atoms with Gasteiger partial charge in [-0.05, 0) is 24.3 Å². The molecule has 0 atom stereocenters. The second-order valence-electron chi connectivity index (χ2n) is 4.74. The normalized spacial score (nSPS) is 10.2. The van der Waals surface area contributed by atoms with Gasteiger partial charge in [-0.15, -0.1) is 0 Å². The van der Waals surface area contributed by atoms with Gasteiger partial charge in [-0.25, -0.2) is 4.79 Å². The van der Waals surface area contributed by atoms with Gasteiger partial charge in [-0.3, -0.25) is 0 Å². The zero-order valence-electron chi connectivity index (χ0n) is 13.2. The van der Waals surface area contributed by atoms with Crippen LogP contribution in [-0.2, 0) is 22.7 Å². The molecule has 0 aliphatic rings. The van der Waals surface area contributed by atoms with E-state index in [0.717, 1.165) is 0 Å². The quantitative estimate of drug-likeness (QED) is 0.679. The van der Waals surface area contributed by atoms with Crippen molar-refractivity contribution in [2.24, 2.45) is 0 Å². The number of benzene rings is 2. The Labute approximate surface area is 150 Å². The van der Waals surface area contributed by atoms with Crippen LogP contribution in [0.2, 0.25) is 10.0 Å². The molecule has 128 valence electrons. The Morgan fingerprint density at radius 1 is 0.833 bits per heavy atom. The molecule has 0 aliphatic heterocycles. The second kappa shape index (κ2) is 8.66. The van der Waals surface area contributed by atoms with Crippen LogP contribution in [0.25, 0.3) is 0 Å². The fourth-order valence-electron chi connectivity index (χ4n) is 1.99. The molecule has 7 heteroatoms. The van der Waals surface area contributed by atoms with E-state index >= 15 is 0 Å². The van der Waals surface area contributed by atoms with Crippen molar-refractivity contribution in [1.29, 1.82) is 0 Å². The summed E-state index contributed by atoms with van der Waals surface area (Å²) < 4.78 is 20.5. The molecule has 0 saturated heterocycles. The third kappa shape index (κ3) is 4.94. The lowest BCUT2D eigenvalue weighted by molar-refractivity contribution is 0.0438. The van der Waals surface area contributed by atoms with Gasteiger partial charge in [0, 0.05) is 21.2 Å². The molecule has 0 heterocycles. The Kier molecular flexibility index (Phi) is 6.58. The lowest BCUT2D eigenvalue weighted by atomic mass is 10.2. The Morgan fingerprint density at radius 2 is 1.25 bits per heavy atom. The maximum absolute atomic E-state index is 11.7. The fraction of sp³-hybridized carbons (Fsp3) is 0.235. The van der Waals surface area contributed by atoms with Gasteiger partial charge in [-0.2, -0.15) is 0 Å². The van der Waals surface area contributed by atoms with Gasteiger partial charge in [0.05, 0.1) is 14.2 Å². The lowest BCUT2D eigenvalue weighted by Gasteiger charge is -2.11. The Hall–Kier alpha value is -2.11. The summed E-state index contributed by atoms with van der Waals surface area (Å²) in [5.74, 6) is 1.07. The minimum Gasteiger partial charge on any atom is -0.496 e. The monoisotopic (exact) mass is 370 g/mol. The van der Waals surface area contributed by atoms with Gasteiger partial charge in [0.1, 0.15) is 24.7 Å². The van der Waals surface area contributed by atoms with E-state index in [4.69, 9.17) is 42.1 Å². The van der Waals surface area contributed by atoms with Crippen LogP contribution in [0.15, 0.2) is 36.4 Å². The summed E-state index contributed by atoms with van der Waals surface area (Å²) in [6.45, 7) is 0.0217. The van der Waals surface area contributed by atoms with Crippen molar-refractivity contribution in [3.8, 4) is 11.5 Å². The molecule has 2 rings (SSSR count). The van der Waals surface area contributed by atoms with Crippen LogP contribution in [0, 0.1) is 0 Å². The standard InChI is InChI=1S/C17H16Cl2O5/c1-21-15-7-13(18)5-3-11(15)9-23-17(20)24-10-12-4-6-14(19)8-16(12)22-2/h3-8H,9-10H2,1-2H3. The van der Waals surface area contributed by atoms with Gasteiger partial charge in [0.25, 0.3) is 0 Å².